The summed E-state index contributed by atoms with van der Waals surface area (Å²) in [7, 11) is 0. The summed E-state index contributed by atoms with van der Waals surface area (Å²) >= 11 is 4.96. The van der Waals surface area contributed by atoms with E-state index in [0.717, 1.165) is 28.9 Å². The average Bonchev–Trinajstić information content (AvgIpc) is 3.07. The maximum atomic E-state index is 11.5. The molecule has 0 spiro atoms. The number of nitrogens with one attached hydrogen (secondary N) is 3. The van der Waals surface area contributed by atoms with E-state index < -0.39 is 5.24 Å². The number of rotatable bonds is 5. The Bertz CT molecular complexity index is 1240. The highest BCUT2D eigenvalue weighted by atomic mass is 35.5. The van der Waals surface area contributed by atoms with Crippen LogP contribution in [0.5, 0.6) is 0 Å². The summed E-state index contributed by atoms with van der Waals surface area (Å²) in [5.41, 5.74) is 5.44. The van der Waals surface area contributed by atoms with Gasteiger partial charge in [-0.3, -0.25) is 24.5 Å². The molecule has 10 heteroatoms. The molecule has 3 N–H and O–H groups in total. The quantitative estimate of drug-likeness (QED) is 0.169. The SMILES string of the molecule is CC(=O)Nc1cccc(NC(=O)C=C(C)C)c1.CC(C)=CC(=O)Cl.CC1(C)CNc2cc([N+](=O)[O-])ccc21. The number of anilines is 3. The molecule has 2 amide bonds. The molecule has 0 atom stereocenters. The van der Waals surface area contributed by atoms with E-state index in [2.05, 4.69) is 29.8 Å². The minimum atomic E-state index is -0.403. The molecule has 1 aliphatic rings. The first-order valence-electron chi connectivity index (χ1n) is 11.8. The van der Waals surface area contributed by atoms with Crippen LogP contribution in [0.25, 0.3) is 0 Å². The minimum absolute atomic E-state index is 0.0739. The number of allylic oxidation sites excluding steroid dienone is 3. The van der Waals surface area contributed by atoms with Crippen LogP contribution in [-0.2, 0) is 19.8 Å². The van der Waals surface area contributed by atoms with Gasteiger partial charge in [0.1, 0.15) is 0 Å². The highest BCUT2D eigenvalue weighted by Gasteiger charge is 2.30. The third-order valence-electron chi connectivity index (χ3n) is 4.94. The fourth-order valence-corrected chi connectivity index (χ4v) is 3.56. The Hall–Kier alpha value is -3.98. The fourth-order valence-electron chi connectivity index (χ4n) is 3.34. The zero-order valence-corrected chi connectivity index (χ0v) is 23.5. The molecule has 0 radical (unpaired) electrons. The Morgan fingerprint density at radius 2 is 1.53 bits per heavy atom. The van der Waals surface area contributed by atoms with Crippen molar-refractivity contribution in [2.45, 2.75) is 53.9 Å². The molecule has 0 bridgehead atoms. The number of non-ortho nitro benzene ring substituents is 1. The average molecular weight is 543 g/mol. The number of hydrogen-bond donors (Lipinski definition) is 3. The number of nitro benzene ring substituents is 1. The Labute approximate surface area is 228 Å². The molecule has 1 heterocycles. The Kier molecular flexibility index (Phi) is 12.4. The second-order valence-electron chi connectivity index (χ2n) is 9.72. The molecule has 0 saturated carbocycles. The van der Waals surface area contributed by atoms with E-state index in [0.29, 0.717) is 11.4 Å². The molecule has 1 aliphatic heterocycles. The summed E-state index contributed by atoms with van der Waals surface area (Å²) in [6, 6.07) is 12.0. The maximum absolute atomic E-state index is 11.5. The van der Waals surface area contributed by atoms with Gasteiger partial charge in [0.25, 0.3) is 5.69 Å². The first kappa shape index (κ1) is 32.0. The van der Waals surface area contributed by atoms with Crippen molar-refractivity contribution in [3.63, 3.8) is 0 Å². The zero-order valence-electron chi connectivity index (χ0n) is 22.8. The van der Waals surface area contributed by atoms with Gasteiger partial charge in [-0.2, -0.15) is 0 Å². The number of nitro groups is 1. The van der Waals surface area contributed by atoms with Crippen LogP contribution in [0.3, 0.4) is 0 Å². The van der Waals surface area contributed by atoms with Crippen molar-refractivity contribution < 1.29 is 19.3 Å². The number of hydrogen-bond acceptors (Lipinski definition) is 6. The molecule has 204 valence electrons. The molecule has 0 saturated heterocycles. The van der Waals surface area contributed by atoms with Gasteiger partial charge in [0.15, 0.2) is 0 Å². The van der Waals surface area contributed by atoms with Gasteiger partial charge in [-0.15, -0.1) is 0 Å². The number of halogens is 1. The van der Waals surface area contributed by atoms with E-state index in [-0.39, 0.29) is 27.8 Å². The van der Waals surface area contributed by atoms with Crippen LogP contribution in [0.1, 0.15) is 54.0 Å². The summed E-state index contributed by atoms with van der Waals surface area (Å²) in [6.45, 7) is 13.9. The predicted octanol–water partition coefficient (Wildman–Crippen LogP) is 6.57. The first-order valence-corrected chi connectivity index (χ1v) is 12.2. The van der Waals surface area contributed by atoms with Gasteiger partial charge in [0.05, 0.1) is 4.92 Å². The summed E-state index contributed by atoms with van der Waals surface area (Å²) < 4.78 is 0. The third-order valence-corrected chi connectivity index (χ3v) is 5.05. The van der Waals surface area contributed by atoms with Gasteiger partial charge < -0.3 is 16.0 Å². The summed E-state index contributed by atoms with van der Waals surface area (Å²) in [6.07, 6.45) is 2.90. The lowest BCUT2D eigenvalue weighted by Gasteiger charge is -2.16. The van der Waals surface area contributed by atoms with Crippen LogP contribution in [-0.4, -0.2) is 28.5 Å². The standard InChI is InChI=1S/C13H16N2O2.C10H12N2O2.C5H7ClO/c1-9(2)7-13(17)15-12-6-4-5-11(8-12)14-10(3)16;1-10(2)6-11-9-5-7(12(13)14)3-4-8(9)10;1-4(2)3-5(6)7/h4-8H,1-3H3,(H,14,16)(H,15,17);3-5,11H,6H2,1-2H3;3H,1-2H3. The van der Waals surface area contributed by atoms with Crippen molar-refractivity contribution in [3.05, 3.63) is 81.4 Å². The summed E-state index contributed by atoms with van der Waals surface area (Å²) in [5, 5.41) is 18.7. The number of fused-ring (bicyclic) bond motifs is 1. The van der Waals surface area contributed by atoms with Crippen LogP contribution >= 0.6 is 11.6 Å². The Morgan fingerprint density at radius 1 is 0.947 bits per heavy atom. The van der Waals surface area contributed by atoms with Crippen molar-refractivity contribution in [2.24, 2.45) is 0 Å². The molecular formula is C28H35ClN4O5. The van der Waals surface area contributed by atoms with E-state index in [1.54, 1.807) is 36.4 Å². The smallest absolute Gasteiger partial charge is 0.271 e. The van der Waals surface area contributed by atoms with E-state index in [1.807, 2.05) is 33.8 Å². The summed E-state index contributed by atoms with van der Waals surface area (Å²) in [5.74, 6) is -0.317. The minimum Gasteiger partial charge on any atom is -0.384 e. The molecule has 9 nitrogen and oxygen atoms in total. The van der Waals surface area contributed by atoms with E-state index in [4.69, 9.17) is 11.6 Å². The number of benzene rings is 2. The highest BCUT2D eigenvalue weighted by molar-refractivity contribution is 6.66. The van der Waals surface area contributed by atoms with Crippen molar-refractivity contribution in [1.82, 2.24) is 0 Å². The zero-order chi connectivity index (χ0) is 29.0. The van der Waals surface area contributed by atoms with Crippen LogP contribution in [0, 0.1) is 10.1 Å². The molecule has 0 aliphatic carbocycles. The monoisotopic (exact) mass is 542 g/mol. The van der Waals surface area contributed by atoms with Crippen molar-refractivity contribution in [3.8, 4) is 0 Å². The van der Waals surface area contributed by atoms with Crippen molar-refractivity contribution >= 4 is 51.4 Å². The highest BCUT2D eigenvalue weighted by Crippen LogP contribution is 2.37. The van der Waals surface area contributed by atoms with Gasteiger partial charge in [0, 0.05) is 54.2 Å². The van der Waals surface area contributed by atoms with Gasteiger partial charge in [-0.05, 0) is 75.2 Å². The molecule has 38 heavy (non-hydrogen) atoms. The topological polar surface area (TPSA) is 130 Å². The van der Waals surface area contributed by atoms with Crippen LogP contribution in [0.15, 0.2) is 65.8 Å². The van der Waals surface area contributed by atoms with Crippen LogP contribution < -0.4 is 16.0 Å². The van der Waals surface area contributed by atoms with Crippen LogP contribution in [0.2, 0.25) is 0 Å². The number of carbonyl (C=O) groups is 3. The maximum Gasteiger partial charge on any atom is 0.271 e. The number of carbonyl (C=O) groups excluding carboxylic acids is 3. The third kappa shape index (κ3) is 11.8. The lowest BCUT2D eigenvalue weighted by Crippen LogP contribution is -2.18. The van der Waals surface area contributed by atoms with Crippen LogP contribution in [0.4, 0.5) is 22.7 Å². The molecule has 2 aromatic carbocycles. The fraction of sp³-hybridized carbons (Fsp3) is 0.321. The number of amides is 2. The van der Waals surface area contributed by atoms with Gasteiger partial charge in [0.2, 0.25) is 17.1 Å². The van der Waals surface area contributed by atoms with Gasteiger partial charge >= 0.3 is 0 Å². The summed E-state index contributed by atoms with van der Waals surface area (Å²) in [4.78, 5) is 42.5. The lowest BCUT2D eigenvalue weighted by atomic mass is 9.87. The van der Waals surface area contributed by atoms with E-state index in [9.17, 15) is 24.5 Å². The predicted molar refractivity (Wildman–Crippen MR) is 154 cm³/mol. The molecule has 0 unspecified atom stereocenters. The number of nitrogens with zero attached hydrogens (tertiary/aromatic N) is 1. The molecule has 3 rings (SSSR count). The largest absolute Gasteiger partial charge is 0.384 e. The van der Waals surface area contributed by atoms with Crippen molar-refractivity contribution in [1.29, 1.82) is 0 Å². The molecule has 2 aromatic rings. The Morgan fingerprint density at radius 3 is 2.00 bits per heavy atom. The molecule has 0 fully saturated rings. The molecular weight excluding hydrogens is 508 g/mol. The molecule has 0 aromatic heterocycles. The van der Waals surface area contributed by atoms with Crippen molar-refractivity contribution in [2.75, 3.05) is 22.5 Å². The van der Waals surface area contributed by atoms with E-state index in [1.165, 1.54) is 19.1 Å². The van der Waals surface area contributed by atoms with E-state index >= 15 is 0 Å². The lowest BCUT2D eigenvalue weighted by molar-refractivity contribution is -0.384. The second kappa shape index (κ2) is 14.7. The second-order valence-corrected chi connectivity index (χ2v) is 10.1. The van der Waals surface area contributed by atoms with Gasteiger partial charge in [-0.25, -0.2) is 0 Å². The first-order chi connectivity index (χ1) is 17.6. The normalized spacial score (nSPS) is 12.0. The van der Waals surface area contributed by atoms with Gasteiger partial charge in [-0.1, -0.05) is 31.1 Å². The Balaban J connectivity index is 0.000000309.